The van der Waals surface area contributed by atoms with Crippen LogP contribution in [0.1, 0.15) is 23.7 Å². The molecule has 0 bridgehead atoms. The second-order valence-corrected chi connectivity index (χ2v) is 7.38. The van der Waals surface area contributed by atoms with Crippen LogP contribution < -0.4 is 11.1 Å². The average molecular weight is 434 g/mol. The van der Waals surface area contributed by atoms with E-state index in [9.17, 15) is 9.18 Å². The lowest BCUT2D eigenvalue weighted by molar-refractivity contribution is -0.0830. The van der Waals surface area contributed by atoms with Crippen LogP contribution in [0.5, 0.6) is 0 Å². The number of nitrogens with one attached hydrogen (secondary N) is 1. The lowest BCUT2D eigenvalue weighted by atomic mass is 10.1. The van der Waals surface area contributed by atoms with Crippen LogP contribution in [0.4, 0.5) is 20.8 Å². The zero-order valence-electron chi connectivity index (χ0n) is 17.1. The molecule has 0 spiro atoms. The van der Waals surface area contributed by atoms with Gasteiger partial charge in [-0.3, -0.25) is 14.8 Å². The van der Waals surface area contributed by atoms with E-state index >= 15 is 0 Å². The molecule has 1 aliphatic rings. The van der Waals surface area contributed by atoms with Gasteiger partial charge in [0, 0.05) is 36.1 Å². The summed E-state index contributed by atoms with van der Waals surface area (Å²) in [7, 11) is 0. The molecule has 1 saturated heterocycles. The molecule has 4 aromatic heterocycles. The molecular formula is C21H19FN8O2. The quantitative estimate of drug-likeness (QED) is 0.508. The summed E-state index contributed by atoms with van der Waals surface area (Å²) >= 11 is 0. The summed E-state index contributed by atoms with van der Waals surface area (Å²) < 4.78 is 15.2. The van der Waals surface area contributed by atoms with Gasteiger partial charge in [-0.2, -0.15) is 10.0 Å². The Morgan fingerprint density at radius 2 is 2.12 bits per heavy atom. The molecule has 162 valence electrons. The van der Waals surface area contributed by atoms with E-state index in [0.717, 1.165) is 17.3 Å². The zero-order chi connectivity index (χ0) is 22.2. The number of anilines is 2. The van der Waals surface area contributed by atoms with E-state index in [4.69, 9.17) is 10.6 Å². The number of nitrogens with zero attached hydrogens (tertiary/aromatic N) is 6. The number of aryl methyl sites for hydroxylation is 1. The summed E-state index contributed by atoms with van der Waals surface area (Å²) in [5.74, 6) is -0.278. The normalized spacial score (nSPS) is 15.9. The Labute approximate surface area is 181 Å². The molecule has 0 aliphatic carbocycles. The molecule has 3 N–H and O–H groups in total. The van der Waals surface area contributed by atoms with Crippen molar-refractivity contribution in [2.75, 3.05) is 17.7 Å². The number of nitrogens with two attached hydrogens (primary N) is 1. The summed E-state index contributed by atoms with van der Waals surface area (Å²) in [4.78, 5) is 30.9. The number of carbonyl (C=O) groups is 1. The molecule has 0 saturated carbocycles. The van der Waals surface area contributed by atoms with Crippen molar-refractivity contribution in [2.45, 2.75) is 19.4 Å². The van der Waals surface area contributed by atoms with Crippen LogP contribution in [0, 0.1) is 12.7 Å². The highest BCUT2D eigenvalue weighted by molar-refractivity contribution is 5.90. The molecular weight excluding hydrogens is 415 g/mol. The van der Waals surface area contributed by atoms with Crippen LogP contribution >= 0.6 is 0 Å². The lowest BCUT2D eigenvalue weighted by Gasteiger charge is -2.23. The number of halogens is 1. The summed E-state index contributed by atoms with van der Waals surface area (Å²) in [6, 6.07) is 5.93. The van der Waals surface area contributed by atoms with Gasteiger partial charge in [-0.1, -0.05) is 0 Å². The van der Waals surface area contributed by atoms with Gasteiger partial charge in [0.2, 0.25) is 5.95 Å². The largest absolute Gasteiger partial charge is 0.366 e. The average Bonchev–Trinajstić information content (AvgIpc) is 3.40. The van der Waals surface area contributed by atoms with Gasteiger partial charge < -0.3 is 11.1 Å². The van der Waals surface area contributed by atoms with Gasteiger partial charge in [0.1, 0.15) is 5.82 Å². The number of aromatic nitrogens is 5. The first-order valence-electron chi connectivity index (χ1n) is 9.90. The molecule has 1 atom stereocenters. The maximum Gasteiger partial charge on any atom is 0.346 e. The van der Waals surface area contributed by atoms with Crippen LogP contribution in [0.25, 0.3) is 16.8 Å². The van der Waals surface area contributed by atoms with Crippen molar-refractivity contribution in [1.29, 1.82) is 0 Å². The highest BCUT2D eigenvalue weighted by atomic mass is 19.1. The Bertz CT molecular complexity index is 1320. The molecule has 10 nitrogen and oxygen atoms in total. The molecule has 2 amide bonds. The van der Waals surface area contributed by atoms with Gasteiger partial charge in [-0.05, 0) is 36.8 Å². The predicted octanol–water partition coefficient (Wildman–Crippen LogP) is 3.13. The second kappa shape index (κ2) is 7.85. The van der Waals surface area contributed by atoms with Crippen molar-refractivity contribution in [1.82, 2.24) is 29.6 Å². The van der Waals surface area contributed by atoms with Crippen molar-refractivity contribution in [3.8, 4) is 11.1 Å². The van der Waals surface area contributed by atoms with Gasteiger partial charge >= 0.3 is 6.03 Å². The van der Waals surface area contributed by atoms with Crippen LogP contribution in [0.3, 0.4) is 0 Å². The fraction of sp³-hybridized carbons (Fsp3) is 0.190. The van der Waals surface area contributed by atoms with Gasteiger partial charge in [0.05, 0.1) is 30.2 Å². The first-order valence-corrected chi connectivity index (χ1v) is 9.90. The number of carbonyl (C=O) groups excluding carboxylic acids is 1. The lowest BCUT2D eigenvalue weighted by Crippen LogP contribution is -2.33. The van der Waals surface area contributed by atoms with E-state index in [2.05, 4.69) is 25.4 Å². The van der Waals surface area contributed by atoms with E-state index in [1.807, 2.05) is 12.1 Å². The molecule has 11 heteroatoms. The Balaban J connectivity index is 1.40. The smallest absolute Gasteiger partial charge is 0.346 e. The molecule has 32 heavy (non-hydrogen) atoms. The van der Waals surface area contributed by atoms with E-state index < -0.39 is 17.9 Å². The van der Waals surface area contributed by atoms with Gasteiger partial charge in [0.25, 0.3) is 0 Å². The fourth-order valence-corrected chi connectivity index (χ4v) is 3.64. The number of rotatable bonds is 3. The summed E-state index contributed by atoms with van der Waals surface area (Å²) in [5.41, 5.74) is 9.61. The van der Waals surface area contributed by atoms with Gasteiger partial charge in [-0.15, -0.1) is 5.10 Å². The Morgan fingerprint density at radius 3 is 2.97 bits per heavy atom. The third kappa shape index (κ3) is 3.69. The maximum atomic E-state index is 13.6. The van der Waals surface area contributed by atoms with Gasteiger partial charge in [0.15, 0.2) is 5.65 Å². The minimum atomic E-state index is -0.474. The topological polar surface area (TPSA) is 124 Å². The molecule has 5 rings (SSSR count). The van der Waals surface area contributed by atoms with Crippen LogP contribution in [0.2, 0.25) is 0 Å². The predicted molar refractivity (Wildman–Crippen MR) is 114 cm³/mol. The molecule has 0 radical (unpaired) electrons. The first-order chi connectivity index (χ1) is 15.5. The van der Waals surface area contributed by atoms with E-state index in [1.54, 1.807) is 29.9 Å². The minimum Gasteiger partial charge on any atom is -0.366 e. The molecule has 4 aromatic rings. The molecule has 1 aliphatic heterocycles. The van der Waals surface area contributed by atoms with Crippen LogP contribution in [-0.2, 0) is 4.84 Å². The van der Waals surface area contributed by atoms with Crippen LogP contribution in [-0.4, -0.2) is 42.3 Å². The Hall–Kier alpha value is -4.12. The summed E-state index contributed by atoms with van der Waals surface area (Å²) in [6.45, 7) is 2.13. The number of amides is 2. The van der Waals surface area contributed by atoms with Crippen molar-refractivity contribution in [3.63, 3.8) is 0 Å². The first kappa shape index (κ1) is 19.8. The standard InChI is InChI=1S/C21H19FN8O2/c1-12-17(7-14(9-25-12)13-2-3-19-27-20(23)28-29(19)11-13)26-21(31)30-18(4-5-32-30)15-6-16(22)10-24-8-15/h2-3,6-11,18H,4-5H2,1H3,(H2,23,28)(H,26,31)/t18-/m1/s1. The van der Waals surface area contributed by atoms with Crippen molar-refractivity contribution in [3.05, 3.63) is 66.1 Å². The zero-order valence-corrected chi connectivity index (χ0v) is 17.1. The Kier molecular flexibility index (Phi) is 4.86. The number of hydroxylamine groups is 2. The van der Waals surface area contributed by atoms with Crippen molar-refractivity contribution >= 4 is 23.3 Å². The number of nitrogen functional groups attached to an aromatic ring is 1. The highest BCUT2D eigenvalue weighted by Crippen LogP contribution is 2.31. The maximum absolute atomic E-state index is 13.6. The van der Waals surface area contributed by atoms with Crippen molar-refractivity contribution in [2.24, 2.45) is 0 Å². The molecule has 0 unspecified atom stereocenters. The summed E-state index contributed by atoms with van der Waals surface area (Å²) in [5, 5.41) is 8.19. The number of fused-ring (bicyclic) bond motifs is 1. The fourth-order valence-electron chi connectivity index (χ4n) is 3.64. The SMILES string of the molecule is Cc1ncc(-c2ccc3nc(N)nn3c2)cc1NC(=O)N1OCC[C@@H]1c1cncc(F)c1. The highest BCUT2D eigenvalue weighted by Gasteiger charge is 2.32. The number of pyridine rings is 3. The third-order valence-electron chi connectivity index (χ3n) is 5.22. The number of hydrogen-bond donors (Lipinski definition) is 2. The second-order valence-electron chi connectivity index (χ2n) is 7.38. The van der Waals surface area contributed by atoms with Crippen LogP contribution in [0.15, 0.2) is 49.1 Å². The molecule has 1 fully saturated rings. The van der Waals surface area contributed by atoms with E-state index in [-0.39, 0.29) is 5.95 Å². The summed E-state index contributed by atoms with van der Waals surface area (Å²) in [6.07, 6.45) is 6.68. The van der Waals surface area contributed by atoms with Crippen molar-refractivity contribution < 1.29 is 14.0 Å². The van der Waals surface area contributed by atoms with Gasteiger partial charge in [-0.25, -0.2) is 13.7 Å². The Morgan fingerprint density at radius 1 is 1.25 bits per heavy atom. The molecule has 5 heterocycles. The minimum absolute atomic E-state index is 0.186. The number of hydrogen-bond acceptors (Lipinski definition) is 7. The third-order valence-corrected chi connectivity index (χ3v) is 5.22. The monoisotopic (exact) mass is 434 g/mol. The molecule has 0 aromatic carbocycles. The number of urea groups is 1. The van der Waals surface area contributed by atoms with E-state index in [1.165, 1.54) is 17.3 Å². The van der Waals surface area contributed by atoms with E-state index in [0.29, 0.717) is 35.6 Å².